The second-order valence-electron chi connectivity index (χ2n) is 7.16. The normalized spacial score (nSPS) is 15.0. The molecule has 1 heterocycles. The summed E-state index contributed by atoms with van der Waals surface area (Å²) in [5.74, 6) is 0.116. The SMILES string of the molecule is CN(Cc1ccc(Cl)cc1)C(=O)C1CCN(C(=O)C=Cc2ccccc2)CC1. The molecule has 1 aliphatic heterocycles. The predicted molar refractivity (Wildman–Crippen MR) is 113 cm³/mol. The van der Waals surface area contributed by atoms with Crippen molar-refractivity contribution in [2.24, 2.45) is 5.92 Å². The Morgan fingerprint density at radius 2 is 1.71 bits per heavy atom. The zero-order chi connectivity index (χ0) is 19.9. The minimum Gasteiger partial charge on any atom is -0.341 e. The Bertz CT molecular complexity index is 825. The Kier molecular flexibility index (Phi) is 6.88. The second kappa shape index (κ2) is 9.56. The maximum absolute atomic E-state index is 12.7. The van der Waals surface area contributed by atoms with Crippen LogP contribution in [-0.2, 0) is 16.1 Å². The van der Waals surface area contributed by atoms with Crippen molar-refractivity contribution in [1.29, 1.82) is 0 Å². The molecule has 2 aromatic carbocycles. The summed E-state index contributed by atoms with van der Waals surface area (Å²) in [7, 11) is 1.83. The molecule has 2 aromatic rings. The number of halogens is 1. The third kappa shape index (κ3) is 5.46. The Balaban J connectivity index is 1.48. The zero-order valence-electron chi connectivity index (χ0n) is 16.1. The van der Waals surface area contributed by atoms with E-state index in [9.17, 15) is 9.59 Å². The smallest absolute Gasteiger partial charge is 0.246 e. The van der Waals surface area contributed by atoms with Gasteiger partial charge in [-0.1, -0.05) is 54.1 Å². The number of rotatable bonds is 5. The minimum atomic E-state index is -0.0283. The molecular weight excluding hydrogens is 372 g/mol. The van der Waals surface area contributed by atoms with Gasteiger partial charge in [0.2, 0.25) is 11.8 Å². The van der Waals surface area contributed by atoms with Gasteiger partial charge >= 0.3 is 0 Å². The van der Waals surface area contributed by atoms with E-state index in [1.165, 1.54) is 0 Å². The van der Waals surface area contributed by atoms with Gasteiger partial charge in [0.15, 0.2) is 0 Å². The third-order valence-corrected chi connectivity index (χ3v) is 5.34. The fourth-order valence-corrected chi connectivity index (χ4v) is 3.56. The molecule has 2 amide bonds. The maximum Gasteiger partial charge on any atom is 0.246 e. The number of hydrogen-bond acceptors (Lipinski definition) is 2. The quantitative estimate of drug-likeness (QED) is 0.709. The molecule has 0 aromatic heterocycles. The summed E-state index contributed by atoms with van der Waals surface area (Å²) in [6, 6.07) is 17.3. The molecule has 0 spiro atoms. The molecule has 146 valence electrons. The van der Waals surface area contributed by atoms with Crippen LogP contribution in [-0.4, -0.2) is 41.8 Å². The van der Waals surface area contributed by atoms with Crippen LogP contribution < -0.4 is 0 Å². The lowest BCUT2D eigenvalue weighted by Gasteiger charge is -2.32. The van der Waals surface area contributed by atoms with Crippen molar-refractivity contribution in [3.05, 3.63) is 76.8 Å². The van der Waals surface area contributed by atoms with Gasteiger partial charge in [0, 0.05) is 43.7 Å². The van der Waals surface area contributed by atoms with Crippen LogP contribution in [0.1, 0.15) is 24.0 Å². The zero-order valence-corrected chi connectivity index (χ0v) is 16.8. The van der Waals surface area contributed by atoms with Crippen LogP contribution in [0.15, 0.2) is 60.7 Å². The Labute approximate surface area is 171 Å². The molecule has 3 rings (SSSR count). The van der Waals surface area contributed by atoms with Crippen molar-refractivity contribution < 1.29 is 9.59 Å². The summed E-state index contributed by atoms with van der Waals surface area (Å²) in [6.45, 7) is 1.79. The molecule has 1 saturated heterocycles. The lowest BCUT2D eigenvalue weighted by Crippen LogP contribution is -2.42. The molecule has 5 heteroatoms. The summed E-state index contributed by atoms with van der Waals surface area (Å²) in [4.78, 5) is 28.7. The van der Waals surface area contributed by atoms with Crippen molar-refractivity contribution in [2.45, 2.75) is 19.4 Å². The van der Waals surface area contributed by atoms with Crippen molar-refractivity contribution in [3.8, 4) is 0 Å². The highest BCUT2D eigenvalue weighted by Crippen LogP contribution is 2.21. The highest BCUT2D eigenvalue weighted by atomic mass is 35.5. The van der Waals surface area contributed by atoms with Crippen molar-refractivity contribution in [2.75, 3.05) is 20.1 Å². The summed E-state index contributed by atoms with van der Waals surface area (Å²) in [5.41, 5.74) is 2.06. The van der Waals surface area contributed by atoms with Gasteiger partial charge in [-0.3, -0.25) is 9.59 Å². The van der Waals surface area contributed by atoms with Gasteiger partial charge in [0.1, 0.15) is 0 Å². The van der Waals surface area contributed by atoms with E-state index in [0.29, 0.717) is 37.5 Å². The van der Waals surface area contributed by atoms with Crippen molar-refractivity contribution in [1.82, 2.24) is 9.80 Å². The van der Waals surface area contributed by atoms with Crippen LogP contribution in [0.4, 0.5) is 0 Å². The first-order valence-electron chi connectivity index (χ1n) is 9.54. The van der Waals surface area contributed by atoms with Gasteiger partial charge in [0.05, 0.1) is 0 Å². The number of piperidine rings is 1. The number of amides is 2. The minimum absolute atomic E-state index is 0.00395. The molecule has 28 heavy (non-hydrogen) atoms. The summed E-state index contributed by atoms with van der Waals surface area (Å²) in [6.07, 6.45) is 4.85. The lowest BCUT2D eigenvalue weighted by molar-refractivity contribution is -0.138. The maximum atomic E-state index is 12.7. The molecule has 0 N–H and O–H groups in total. The molecule has 0 radical (unpaired) electrons. The van der Waals surface area contributed by atoms with E-state index in [-0.39, 0.29) is 17.7 Å². The number of carbonyl (C=O) groups excluding carboxylic acids is 2. The fourth-order valence-electron chi connectivity index (χ4n) is 3.44. The molecule has 0 unspecified atom stereocenters. The van der Waals surface area contributed by atoms with E-state index in [1.54, 1.807) is 11.0 Å². The average molecular weight is 397 g/mol. The van der Waals surface area contributed by atoms with Crippen molar-refractivity contribution >= 4 is 29.5 Å². The summed E-state index contributed by atoms with van der Waals surface area (Å²) >= 11 is 5.91. The lowest BCUT2D eigenvalue weighted by atomic mass is 9.95. The number of benzene rings is 2. The van der Waals surface area contributed by atoms with E-state index >= 15 is 0 Å². The monoisotopic (exact) mass is 396 g/mol. The molecule has 1 aliphatic rings. The second-order valence-corrected chi connectivity index (χ2v) is 7.60. The number of hydrogen-bond donors (Lipinski definition) is 0. The van der Waals surface area contributed by atoms with Gasteiger partial charge < -0.3 is 9.80 Å². The molecule has 0 atom stereocenters. The Morgan fingerprint density at radius 3 is 2.36 bits per heavy atom. The molecular formula is C23H25ClN2O2. The van der Waals surface area contributed by atoms with Crippen LogP contribution in [0.25, 0.3) is 6.08 Å². The van der Waals surface area contributed by atoms with E-state index in [4.69, 9.17) is 11.6 Å². The Morgan fingerprint density at radius 1 is 1.07 bits per heavy atom. The number of carbonyl (C=O) groups is 2. The topological polar surface area (TPSA) is 40.6 Å². The molecule has 0 bridgehead atoms. The van der Waals surface area contributed by atoms with Crippen LogP contribution in [0, 0.1) is 5.92 Å². The fraction of sp³-hybridized carbons (Fsp3) is 0.304. The first kappa shape index (κ1) is 20.2. The molecule has 4 nitrogen and oxygen atoms in total. The summed E-state index contributed by atoms with van der Waals surface area (Å²) < 4.78 is 0. The highest BCUT2D eigenvalue weighted by Gasteiger charge is 2.28. The van der Waals surface area contributed by atoms with Crippen LogP contribution in [0.2, 0.25) is 5.02 Å². The average Bonchev–Trinajstić information content (AvgIpc) is 2.74. The van der Waals surface area contributed by atoms with Crippen LogP contribution >= 0.6 is 11.6 Å². The van der Waals surface area contributed by atoms with E-state index in [0.717, 1.165) is 11.1 Å². The van der Waals surface area contributed by atoms with Gasteiger partial charge in [0.25, 0.3) is 0 Å². The van der Waals surface area contributed by atoms with Crippen LogP contribution in [0.5, 0.6) is 0 Å². The van der Waals surface area contributed by atoms with Gasteiger partial charge in [-0.15, -0.1) is 0 Å². The van der Waals surface area contributed by atoms with Crippen LogP contribution in [0.3, 0.4) is 0 Å². The predicted octanol–water partition coefficient (Wildman–Crippen LogP) is 4.25. The first-order valence-corrected chi connectivity index (χ1v) is 9.92. The largest absolute Gasteiger partial charge is 0.341 e. The van der Waals surface area contributed by atoms with Gasteiger partial charge in [-0.25, -0.2) is 0 Å². The van der Waals surface area contributed by atoms with Gasteiger partial charge in [-0.05, 0) is 42.2 Å². The number of nitrogens with zero attached hydrogens (tertiary/aromatic N) is 2. The van der Waals surface area contributed by atoms with Gasteiger partial charge in [-0.2, -0.15) is 0 Å². The number of likely N-dealkylation sites (tertiary alicyclic amines) is 1. The summed E-state index contributed by atoms with van der Waals surface area (Å²) in [5, 5.41) is 0.691. The van der Waals surface area contributed by atoms with E-state index in [1.807, 2.05) is 72.6 Å². The van der Waals surface area contributed by atoms with Crippen molar-refractivity contribution in [3.63, 3.8) is 0 Å². The third-order valence-electron chi connectivity index (χ3n) is 5.08. The van der Waals surface area contributed by atoms with E-state index in [2.05, 4.69) is 0 Å². The highest BCUT2D eigenvalue weighted by molar-refractivity contribution is 6.30. The van der Waals surface area contributed by atoms with E-state index < -0.39 is 0 Å². The molecule has 0 saturated carbocycles. The standard InChI is InChI=1S/C23H25ClN2O2/c1-25(17-19-7-10-21(24)11-8-19)23(28)20-13-15-26(16-14-20)22(27)12-9-18-5-3-2-4-6-18/h2-12,20H,13-17H2,1H3. The molecule has 1 fully saturated rings. The molecule has 0 aliphatic carbocycles. The first-order chi connectivity index (χ1) is 13.5. The Hall–Kier alpha value is -2.59.